The maximum atomic E-state index is 12.8. The molecule has 120 valence electrons. The van der Waals surface area contributed by atoms with Gasteiger partial charge in [-0.3, -0.25) is 9.78 Å². The van der Waals surface area contributed by atoms with E-state index in [2.05, 4.69) is 50.0 Å². The van der Waals surface area contributed by atoms with E-state index in [1.54, 1.807) is 6.20 Å². The molecule has 0 N–H and O–H groups in total. The average molecular weight is 308 g/mol. The molecular weight excluding hydrogens is 284 g/mol. The minimum atomic E-state index is -0.0552. The first-order valence-electron chi connectivity index (χ1n) is 8.38. The molecule has 1 aliphatic rings. The summed E-state index contributed by atoms with van der Waals surface area (Å²) >= 11 is 0. The number of pyridine rings is 1. The molecule has 1 aromatic carbocycles. The lowest BCUT2D eigenvalue weighted by molar-refractivity contribution is -0.134. The fourth-order valence-electron chi connectivity index (χ4n) is 3.29. The molecule has 0 unspecified atom stereocenters. The molecule has 2 aromatic rings. The zero-order valence-corrected chi connectivity index (χ0v) is 14.1. The van der Waals surface area contributed by atoms with Crippen LogP contribution in [0.25, 0.3) is 0 Å². The van der Waals surface area contributed by atoms with Crippen molar-refractivity contribution in [2.75, 3.05) is 6.54 Å². The molecule has 0 aliphatic heterocycles. The number of carbonyl (C=O) groups excluding carboxylic acids is 1. The molecule has 1 fully saturated rings. The van der Waals surface area contributed by atoms with Crippen LogP contribution >= 0.6 is 0 Å². The van der Waals surface area contributed by atoms with Gasteiger partial charge in [-0.2, -0.15) is 0 Å². The van der Waals surface area contributed by atoms with Crippen LogP contribution < -0.4 is 0 Å². The fourth-order valence-corrected chi connectivity index (χ4v) is 3.29. The summed E-state index contributed by atoms with van der Waals surface area (Å²) in [4.78, 5) is 19.1. The van der Waals surface area contributed by atoms with Gasteiger partial charge in [0.2, 0.25) is 5.91 Å². The summed E-state index contributed by atoms with van der Waals surface area (Å²) in [5.74, 6) is 0.500. The van der Waals surface area contributed by atoms with Crippen LogP contribution in [0.3, 0.4) is 0 Å². The maximum Gasteiger partial charge on any atom is 0.226 e. The van der Waals surface area contributed by atoms with Crippen molar-refractivity contribution in [3.05, 3.63) is 65.0 Å². The number of rotatable bonds is 5. The van der Waals surface area contributed by atoms with E-state index >= 15 is 0 Å². The van der Waals surface area contributed by atoms with Crippen molar-refractivity contribution in [3.63, 3.8) is 0 Å². The Morgan fingerprint density at radius 1 is 1.22 bits per heavy atom. The standard InChI is InChI=1S/C20H24N2O/c1-4-22(20(23)16-7-8-16)19(17-6-5-9-21-13-17)18-11-14(2)10-15(3)12-18/h5-6,9-13,16,19H,4,7-8H2,1-3H3/t19-/m0/s1. The van der Waals surface area contributed by atoms with Crippen molar-refractivity contribution in [1.82, 2.24) is 9.88 Å². The third-order valence-corrected chi connectivity index (χ3v) is 4.42. The van der Waals surface area contributed by atoms with Gasteiger partial charge in [0, 0.05) is 24.9 Å². The van der Waals surface area contributed by atoms with Crippen LogP contribution in [0.5, 0.6) is 0 Å². The van der Waals surface area contributed by atoms with E-state index in [0.29, 0.717) is 6.54 Å². The number of benzene rings is 1. The Labute approximate surface area is 138 Å². The van der Waals surface area contributed by atoms with E-state index in [0.717, 1.165) is 18.4 Å². The molecule has 3 rings (SSSR count). The van der Waals surface area contributed by atoms with Crippen LogP contribution in [0.2, 0.25) is 0 Å². The van der Waals surface area contributed by atoms with Gasteiger partial charge in [0.1, 0.15) is 0 Å². The van der Waals surface area contributed by atoms with Crippen molar-refractivity contribution in [3.8, 4) is 0 Å². The van der Waals surface area contributed by atoms with Crippen LogP contribution in [0.1, 0.15) is 48.1 Å². The van der Waals surface area contributed by atoms with Crippen LogP contribution in [0.4, 0.5) is 0 Å². The Bertz CT molecular complexity index is 672. The normalized spacial score (nSPS) is 15.3. The predicted octanol–water partition coefficient (Wildman–Crippen LogP) is 4.05. The molecule has 1 aliphatic carbocycles. The van der Waals surface area contributed by atoms with Gasteiger partial charge in [0.15, 0.2) is 0 Å². The maximum absolute atomic E-state index is 12.8. The number of nitrogens with zero attached hydrogens (tertiary/aromatic N) is 2. The van der Waals surface area contributed by atoms with Crippen LogP contribution in [0.15, 0.2) is 42.7 Å². The van der Waals surface area contributed by atoms with Crippen molar-refractivity contribution >= 4 is 5.91 Å². The minimum absolute atomic E-state index is 0.0552. The topological polar surface area (TPSA) is 33.2 Å². The molecule has 1 heterocycles. The summed E-state index contributed by atoms with van der Waals surface area (Å²) in [6.07, 6.45) is 5.72. The molecule has 1 atom stereocenters. The molecule has 3 nitrogen and oxygen atoms in total. The lowest BCUT2D eigenvalue weighted by atomic mass is 9.95. The van der Waals surface area contributed by atoms with E-state index in [-0.39, 0.29) is 17.9 Å². The molecule has 0 bridgehead atoms. The van der Waals surface area contributed by atoms with Crippen molar-refractivity contribution in [2.45, 2.75) is 39.7 Å². The SMILES string of the molecule is CCN(C(=O)C1CC1)[C@@H](c1cccnc1)c1cc(C)cc(C)c1. The fraction of sp³-hybridized carbons (Fsp3) is 0.400. The lowest BCUT2D eigenvalue weighted by Gasteiger charge is -2.32. The summed E-state index contributed by atoms with van der Waals surface area (Å²) < 4.78 is 0. The smallest absolute Gasteiger partial charge is 0.226 e. The van der Waals surface area contributed by atoms with Gasteiger partial charge in [0.25, 0.3) is 0 Å². The zero-order chi connectivity index (χ0) is 16.4. The molecule has 3 heteroatoms. The van der Waals surface area contributed by atoms with Gasteiger partial charge in [-0.15, -0.1) is 0 Å². The highest BCUT2D eigenvalue weighted by Crippen LogP contribution is 2.36. The highest BCUT2D eigenvalue weighted by molar-refractivity contribution is 5.82. The molecular formula is C20H24N2O. The molecule has 1 saturated carbocycles. The molecule has 1 amide bonds. The highest BCUT2D eigenvalue weighted by Gasteiger charge is 2.36. The number of aromatic nitrogens is 1. The number of carbonyl (C=O) groups is 1. The Hall–Kier alpha value is -2.16. The van der Waals surface area contributed by atoms with Crippen molar-refractivity contribution in [1.29, 1.82) is 0 Å². The second kappa shape index (κ2) is 6.53. The first-order chi connectivity index (χ1) is 11.1. The van der Waals surface area contributed by atoms with Gasteiger partial charge >= 0.3 is 0 Å². The quantitative estimate of drug-likeness (QED) is 0.835. The van der Waals surface area contributed by atoms with E-state index in [4.69, 9.17) is 0 Å². The number of hydrogen-bond acceptors (Lipinski definition) is 2. The second-order valence-corrected chi connectivity index (χ2v) is 6.51. The van der Waals surface area contributed by atoms with E-state index < -0.39 is 0 Å². The summed E-state index contributed by atoms with van der Waals surface area (Å²) in [5, 5.41) is 0. The molecule has 1 aromatic heterocycles. The third-order valence-electron chi connectivity index (χ3n) is 4.42. The summed E-state index contributed by atoms with van der Waals surface area (Å²) in [6, 6.07) is 10.5. The Balaban J connectivity index is 2.07. The average Bonchev–Trinajstić information content (AvgIpc) is 3.36. The molecule has 23 heavy (non-hydrogen) atoms. The third kappa shape index (κ3) is 3.44. The van der Waals surface area contributed by atoms with Gasteiger partial charge in [-0.25, -0.2) is 0 Å². The number of hydrogen-bond donors (Lipinski definition) is 0. The molecule has 0 radical (unpaired) electrons. The minimum Gasteiger partial charge on any atom is -0.332 e. The summed E-state index contributed by atoms with van der Waals surface area (Å²) in [6.45, 7) is 6.99. The zero-order valence-electron chi connectivity index (χ0n) is 14.1. The van der Waals surface area contributed by atoms with Gasteiger partial charge in [0.05, 0.1) is 6.04 Å². The largest absolute Gasteiger partial charge is 0.332 e. The summed E-state index contributed by atoms with van der Waals surface area (Å²) in [5.41, 5.74) is 4.70. The first-order valence-corrected chi connectivity index (χ1v) is 8.38. The van der Waals surface area contributed by atoms with Crippen LogP contribution in [-0.4, -0.2) is 22.3 Å². The second-order valence-electron chi connectivity index (χ2n) is 6.51. The lowest BCUT2D eigenvalue weighted by Crippen LogP contribution is -2.36. The Morgan fingerprint density at radius 3 is 2.43 bits per heavy atom. The van der Waals surface area contributed by atoms with Crippen molar-refractivity contribution in [2.24, 2.45) is 5.92 Å². The highest BCUT2D eigenvalue weighted by atomic mass is 16.2. The molecule has 0 spiro atoms. The predicted molar refractivity (Wildman–Crippen MR) is 92.1 cm³/mol. The van der Waals surface area contributed by atoms with E-state index in [1.165, 1.54) is 16.7 Å². The monoisotopic (exact) mass is 308 g/mol. The Morgan fingerprint density at radius 2 is 1.91 bits per heavy atom. The van der Waals surface area contributed by atoms with Crippen molar-refractivity contribution < 1.29 is 4.79 Å². The number of amides is 1. The first kappa shape index (κ1) is 15.7. The van der Waals surface area contributed by atoms with Gasteiger partial charge in [-0.05, 0) is 50.8 Å². The van der Waals surface area contributed by atoms with Crippen LogP contribution in [0, 0.1) is 19.8 Å². The van der Waals surface area contributed by atoms with Gasteiger partial charge in [-0.1, -0.05) is 35.4 Å². The van der Waals surface area contributed by atoms with E-state index in [9.17, 15) is 4.79 Å². The van der Waals surface area contributed by atoms with Crippen LogP contribution in [-0.2, 0) is 4.79 Å². The summed E-state index contributed by atoms with van der Waals surface area (Å²) in [7, 11) is 0. The number of aryl methyl sites for hydroxylation is 2. The van der Waals surface area contributed by atoms with E-state index in [1.807, 2.05) is 17.2 Å². The molecule has 0 saturated heterocycles. The van der Waals surface area contributed by atoms with Gasteiger partial charge < -0.3 is 4.90 Å². The Kier molecular flexibility index (Phi) is 4.46.